The number of halogens is 1. The van der Waals surface area contributed by atoms with E-state index in [4.69, 9.17) is 5.73 Å². The van der Waals surface area contributed by atoms with Gasteiger partial charge < -0.3 is 11.1 Å². The first kappa shape index (κ1) is 15.8. The molecule has 0 heterocycles. The highest BCUT2D eigenvalue weighted by molar-refractivity contribution is 5.85. The van der Waals surface area contributed by atoms with Gasteiger partial charge in [-0.1, -0.05) is 13.8 Å². The van der Waals surface area contributed by atoms with Gasteiger partial charge in [0.2, 0.25) is 5.91 Å². The van der Waals surface area contributed by atoms with Crippen LogP contribution in [0.15, 0.2) is 0 Å². The van der Waals surface area contributed by atoms with E-state index in [9.17, 15) is 4.79 Å². The van der Waals surface area contributed by atoms with Gasteiger partial charge in [0.15, 0.2) is 0 Å². The molecule has 18 heavy (non-hydrogen) atoms. The maximum Gasteiger partial charge on any atom is 0.227 e. The van der Waals surface area contributed by atoms with Gasteiger partial charge in [0.05, 0.1) is 5.41 Å². The van der Waals surface area contributed by atoms with Crippen molar-refractivity contribution in [1.29, 1.82) is 0 Å². The lowest BCUT2D eigenvalue weighted by atomic mass is 9.81. The van der Waals surface area contributed by atoms with E-state index in [-0.39, 0.29) is 23.7 Å². The average Bonchev–Trinajstić information content (AvgIpc) is 3.19. The summed E-state index contributed by atoms with van der Waals surface area (Å²) in [5.74, 6) is 1.72. The number of nitrogens with two attached hydrogens (primary N) is 1. The van der Waals surface area contributed by atoms with Crippen LogP contribution in [0.4, 0.5) is 0 Å². The Labute approximate surface area is 117 Å². The highest BCUT2D eigenvalue weighted by Gasteiger charge is 2.44. The van der Waals surface area contributed by atoms with E-state index in [0.717, 1.165) is 24.7 Å². The number of carbonyl (C=O) groups is 1. The van der Waals surface area contributed by atoms with Gasteiger partial charge in [-0.25, -0.2) is 0 Å². The third-order valence-electron chi connectivity index (χ3n) is 4.78. The van der Waals surface area contributed by atoms with Gasteiger partial charge in [0.25, 0.3) is 0 Å². The van der Waals surface area contributed by atoms with Crippen LogP contribution in [0.5, 0.6) is 0 Å². The lowest BCUT2D eigenvalue weighted by molar-refractivity contribution is -0.132. The molecule has 2 saturated carbocycles. The van der Waals surface area contributed by atoms with Crippen molar-refractivity contribution in [2.45, 2.75) is 58.4 Å². The summed E-state index contributed by atoms with van der Waals surface area (Å²) >= 11 is 0. The van der Waals surface area contributed by atoms with Crippen LogP contribution in [0.25, 0.3) is 0 Å². The molecule has 2 fully saturated rings. The fourth-order valence-electron chi connectivity index (χ4n) is 2.79. The van der Waals surface area contributed by atoms with Gasteiger partial charge >= 0.3 is 0 Å². The summed E-state index contributed by atoms with van der Waals surface area (Å²) in [6.45, 7) is 4.60. The van der Waals surface area contributed by atoms with Crippen LogP contribution in [0, 0.1) is 17.3 Å². The second-order valence-corrected chi connectivity index (χ2v) is 5.87. The van der Waals surface area contributed by atoms with Crippen LogP contribution >= 0.6 is 12.4 Å². The van der Waals surface area contributed by atoms with Crippen molar-refractivity contribution in [3.63, 3.8) is 0 Å². The third-order valence-corrected chi connectivity index (χ3v) is 4.78. The van der Waals surface area contributed by atoms with Crippen LogP contribution < -0.4 is 11.1 Å². The molecule has 0 bridgehead atoms. The van der Waals surface area contributed by atoms with E-state index in [0.29, 0.717) is 12.6 Å². The van der Waals surface area contributed by atoms with E-state index in [1.54, 1.807) is 0 Å². The highest BCUT2D eigenvalue weighted by Crippen LogP contribution is 2.45. The Morgan fingerprint density at radius 3 is 1.94 bits per heavy atom. The lowest BCUT2D eigenvalue weighted by Crippen LogP contribution is -2.50. The van der Waals surface area contributed by atoms with E-state index in [2.05, 4.69) is 19.2 Å². The molecule has 0 saturated heterocycles. The van der Waals surface area contributed by atoms with E-state index in [1.807, 2.05) is 0 Å². The zero-order valence-corrected chi connectivity index (χ0v) is 12.4. The molecule has 0 atom stereocenters. The van der Waals surface area contributed by atoms with Crippen LogP contribution in [-0.4, -0.2) is 18.5 Å². The third kappa shape index (κ3) is 3.18. The SMILES string of the molecule is CCC(CC)(CN)C(=O)NC(C1CC1)C1CC1.Cl. The molecule has 0 aromatic heterocycles. The fourth-order valence-corrected chi connectivity index (χ4v) is 2.79. The van der Waals surface area contributed by atoms with E-state index >= 15 is 0 Å². The first-order valence-electron chi connectivity index (χ1n) is 7.18. The van der Waals surface area contributed by atoms with Gasteiger partial charge in [-0.05, 0) is 50.4 Å². The van der Waals surface area contributed by atoms with Crippen molar-refractivity contribution in [3.8, 4) is 0 Å². The molecule has 0 aromatic rings. The quantitative estimate of drug-likeness (QED) is 0.749. The molecule has 2 aliphatic rings. The first-order chi connectivity index (χ1) is 8.16. The summed E-state index contributed by atoms with van der Waals surface area (Å²) in [4.78, 5) is 12.4. The molecule has 0 aliphatic heterocycles. The van der Waals surface area contributed by atoms with Gasteiger partial charge in [-0.3, -0.25) is 4.79 Å². The Bertz CT molecular complexity index is 263. The molecule has 3 N–H and O–H groups in total. The van der Waals surface area contributed by atoms with Gasteiger partial charge in [-0.2, -0.15) is 0 Å². The maximum absolute atomic E-state index is 12.4. The smallest absolute Gasteiger partial charge is 0.227 e. The first-order valence-corrected chi connectivity index (χ1v) is 7.18. The van der Waals surface area contributed by atoms with Gasteiger partial charge in [0, 0.05) is 12.6 Å². The molecular formula is C14H27ClN2O. The Kier molecular flexibility index (Phi) is 5.47. The number of carbonyl (C=O) groups excluding carboxylic acids is 1. The number of amides is 1. The number of nitrogens with one attached hydrogen (secondary N) is 1. The molecule has 1 amide bonds. The highest BCUT2D eigenvalue weighted by atomic mass is 35.5. The molecule has 0 spiro atoms. The zero-order valence-electron chi connectivity index (χ0n) is 11.6. The number of hydrogen-bond donors (Lipinski definition) is 2. The number of rotatable bonds is 7. The summed E-state index contributed by atoms with van der Waals surface area (Å²) in [6.07, 6.45) is 6.89. The Morgan fingerprint density at radius 1 is 1.22 bits per heavy atom. The average molecular weight is 275 g/mol. The summed E-state index contributed by atoms with van der Waals surface area (Å²) in [6, 6.07) is 0.450. The minimum Gasteiger partial charge on any atom is -0.352 e. The second kappa shape index (κ2) is 6.25. The summed E-state index contributed by atoms with van der Waals surface area (Å²) in [7, 11) is 0. The summed E-state index contributed by atoms with van der Waals surface area (Å²) in [5.41, 5.74) is 5.50. The number of hydrogen-bond acceptors (Lipinski definition) is 2. The normalized spacial score (nSPS) is 19.6. The lowest BCUT2D eigenvalue weighted by Gasteiger charge is -2.31. The zero-order chi connectivity index (χ0) is 12.5. The van der Waals surface area contributed by atoms with Crippen molar-refractivity contribution in [1.82, 2.24) is 5.32 Å². The topological polar surface area (TPSA) is 55.1 Å². The maximum atomic E-state index is 12.4. The Hall–Kier alpha value is -0.280. The minimum atomic E-state index is -0.331. The van der Waals surface area contributed by atoms with Crippen molar-refractivity contribution >= 4 is 18.3 Å². The molecule has 106 valence electrons. The fraction of sp³-hybridized carbons (Fsp3) is 0.929. The van der Waals surface area contributed by atoms with Crippen molar-refractivity contribution in [2.75, 3.05) is 6.54 Å². The predicted octanol–water partition coefficient (Wildman–Crippen LogP) is 2.48. The molecule has 0 unspecified atom stereocenters. The van der Waals surface area contributed by atoms with Crippen LogP contribution in [0.2, 0.25) is 0 Å². The molecule has 0 aromatic carbocycles. The minimum absolute atomic E-state index is 0. The van der Waals surface area contributed by atoms with Gasteiger partial charge in [-0.15, -0.1) is 12.4 Å². The molecular weight excluding hydrogens is 248 g/mol. The Balaban J connectivity index is 0.00000162. The van der Waals surface area contributed by atoms with Crippen molar-refractivity contribution < 1.29 is 4.79 Å². The van der Waals surface area contributed by atoms with Crippen LogP contribution in [0.3, 0.4) is 0 Å². The van der Waals surface area contributed by atoms with Crippen LogP contribution in [0.1, 0.15) is 52.4 Å². The largest absolute Gasteiger partial charge is 0.352 e. The van der Waals surface area contributed by atoms with Crippen LogP contribution in [-0.2, 0) is 4.79 Å². The molecule has 3 nitrogen and oxygen atoms in total. The van der Waals surface area contributed by atoms with Gasteiger partial charge in [0.1, 0.15) is 0 Å². The standard InChI is InChI=1S/C14H26N2O.ClH/c1-3-14(4-2,9-15)13(17)16-12(10-5-6-10)11-7-8-11;/h10-12H,3-9,15H2,1-2H3,(H,16,17);1H. The molecule has 2 rings (SSSR count). The molecule has 4 heteroatoms. The van der Waals surface area contributed by atoms with E-state index in [1.165, 1.54) is 25.7 Å². The van der Waals surface area contributed by atoms with Crippen molar-refractivity contribution in [2.24, 2.45) is 23.0 Å². The summed E-state index contributed by atoms with van der Waals surface area (Å²) in [5, 5.41) is 3.32. The predicted molar refractivity (Wildman–Crippen MR) is 76.7 cm³/mol. The molecule has 2 aliphatic carbocycles. The second-order valence-electron chi connectivity index (χ2n) is 5.87. The van der Waals surface area contributed by atoms with E-state index < -0.39 is 0 Å². The summed E-state index contributed by atoms with van der Waals surface area (Å²) < 4.78 is 0. The Morgan fingerprint density at radius 2 is 1.67 bits per heavy atom. The monoisotopic (exact) mass is 274 g/mol. The van der Waals surface area contributed by atoms with Crippen molar-refractivity contribution in [3.05, 3.63) is 0 Å². The molecule has 0 radical (unpaired) electrons.